The van der Waals surface area contributed by atoms with Gasteiger partial charge in [0.1, 0.15) is 12.1 Å². The van der Waals surface area contributed by atoms with Crippen LogP contribution in [0, 0.1) is 5.92 Å². The number of nitrogens with zero attached hydrogens (tertiary/aromatic N) is 1. The smallest absolute Gasteiger partial charge is 0.245 e. The van der Waals surface area contributed by atoms with Crippen LogP contribution < -0.4 is 5.32 Å². The van der Waals surface area contributed by atoms with Gasteiger partial charge in [-0.1, -0.05) is 13.8 Å². The molecule has 0 bridgehead atoms. The lowest BCUT2D eigenvalue weighted by atomic mass is 9.96. The first kappa shape index (κ1) is 15.0. The van der Waals surface area contributed by atoms with Crippen molar-refractivity contribution in [2.75, 3.05) is 13.2 Å². The van der Waals surface area contributed by atoms with E-state index < -0.39 is 12.1 Å². The highest BCUT2D eigenvalue weighted by Crippen LogP contribution is 2.20. The molecular formula is C13H24N2O3. The first-order valence-electron chi connectivity index (χ1n) is 6.60. The lowest BCUT2D eigenvalue weighted by molar-refractivity contribution is -0.154. The Morgan fingerprint density at radius 2 is 1.94 bits per heavy atom. The van der Waals surface area contributed by atoms with Crippen molar-refractivity contribution < 1.29 is 14.3 Å². The summed E-state index contributed by atoms with van der Waals surface area (Å²) in [5, 5.41) is 2.73. The number of piperazine rings is 1. The fourth-order valence-corrected chi connectivity index (χ4v) is 2.33. The number of hydrogen-bond acceptors (Lipinski definition) is 3. The average Bonchev–Trinajstić information content (AvgIpc) is 2.29. The summed E-state index contributed by atoms with van der Waals surface area (Å²) in [4.78, 5) is 26.0. The van der Waals surface area contributed by atoms with Crippen LogP contribution in [-0.2, 0) is 14.3 Å². The Kier molecular flexibility index (Phi) is 5.14. The van der Waals surface area contributed by atoms with Crippen LogP contribution in [0.1, 0.15) is 34.6 Å². The second-order valence-electron chi connectivity index (χ2n) is 5.17. The van der Waals surface area contributed by atoms with E-state index in [4.69, 9.17) is 4.74 Å². The molecule has 1 aliphatic rings. The Morgan fingerprint density at radius 1 is 1.33 bits per heavy atom. The monoisotopic (exact) mass is 256 g/mol. The standard InChI is InChI=1S/C13H24N2O3/c1-6-18-7-9(4)15-11(8(2)3)12(16)14-10(5)13(15)17/h8-11H,6-7H2,1-5H3,(H,14,16). The van der Waals surface area contributed by atoms with Gasteiger partial charge in [0, 0.05) is 6.61 Å². The van der Waals surface area contributed by atoms with Crippen LogP contribution in [0.25, 0.3) is 0 Å². The van der Waals surface area contributed by atoms with E-state index in [1.54, 1.807) is 11.8 Å². The van der Waals surface area contributed by atoms with Crippen molar-refractivity contribution in [3.05, 3.63) is 0 Å². The van der Waals surface area contributed by atoms with Crippen LogP contribution >= 0.6 is 0 Å². The molecule has 1 aliphatic heterocycles. The molecule has 1 rings (SSSR count). The molecule has 1 heterocycles. The van der Waals surface area contributed by atoms with E-state index in [1.807, 2.05) is 27.7 Å². The number of carbonyl (C=O) groups is 2. The van der Waals surface area contributed by atoms with E-state index in [2.05, 4.69) is 5.32 Å². The van der Waals surface area contributed by atoms with Crippen molar-refractivity contribution in [1.82, 2.24) is 10.2 Å². The number of carbonyl (C=O) groups excluding carboxylic acids is 2. The van der Waals surface area contributed by atoms with Gasteiger partial charge in [-0.25, -0.2) is 0 Å². The minimum absolute atomic E-state index is 0.0273. The molecule has 104 valence electrons. The van der Waals surface area contributed by atoms with Gasteiger partial charge in [0.2, 0.25) is 11.8 Å². The summed E-state index contributed by atoms with van der Waals surface area (Å²) in [7, 11) is 0. The van der Waals surface area contributed by atoms with Gasteiger partial charge in [0.25, 0.3) is 0 Å². The van der Waals surface area contributed by atoms with E-state index in [0.717, 1.165) is 0 Å². The highest BCUT2D eigenvalue weighted by Gasteiger charge is 2.42. The van der Waals surface area contributed by atoms with Crippen LogP contribution in [0.2, 0.25) is 0 Å². The maximum absolute atomic E-state index is 12.2. The molecule has 1 fully saturated rings. The van der Waals surface area contributed by atoms with Crippen molar-refractivity contribution >= 4 is 11.8 Å². The summed E-state index contributed by atoms with van der Waals surface area (Å²) in [5.41, 5.74) is 0. The van der Waals surface area contributed by atoms with E-state index in [1.165, 1.54) is 0 Å². The van der Waals surface area contributed by atoms with Crippen molar-refractivity contribution in [3.8, 4) is 0 Å². The number of ether oxygens (including phenoxy) is 1. The van der Waals surface area contributed by atoms with Gasteiger partial charge in [-0.05, 0) is 26.7 Å². The molecule has 0 saturated carbocycles. The summed E-state index contributed by atoms with van der Waals surface area (Å²) in [6, 6.07) is -0.931. The molecule has 18 heavy (non-hydrogen) atoms. The molecule has 0 aromatic heterocycles. The Morgan fingerprint density at radius 3 is 2.44 bits per heavy atom. The zero-order chi connectivity index (χ0) is 13.9. The number of amides is 2. The second kappa shape index (κ2) is 6.18. The van der Waals surface area contributed by atoms with Crippen LogP contribution in [0.4, 0.5) is 0 Å². The molecule has 3 unspecified atom stereocenters. The van der Waals surface area contributed by atoms with Crippen LogP contribution in [0.15, 0.2) is 0 Å². The first-order chi connectivity index (χ1) is 8.40. The molecular weight excluding hydrogens is 232 g/mol. The molecule has 0 aliphatic carbocycles. The second-order valence-corrected chi connectivity index (χ2v) is 5.17. The highest BCUT2D eigenvalue weighted by atomic mass is 16.5. The third-order valence-corrected chi connectivity index (χ3v) is 3.22. The molecule has 0 spiro atoms. The first-order valence-corrected chi connectivity index (χ1v) is 6.60. The molecule has 1 saturated heterocycles. The molecule has 5 heteroatoms. The molecule has 0 radical (unpaired) electrons. The number of nitrogens with one attached hydrogen (secondary N) is 1. The van der Waals surface area contributed by atoms with Gasteiger partial charge in [0.15, 0.2) is 0 Å². The Balaban J connectivity index is 2.91. The van der Waals surface area contributed by atoms with Crippen molar-refractivity contribution in [3.63, 3.8) is 0 Å². The SMILES string of the molecule is CCOCC(C)N1C(=O)C(C)NC(=O)C1C(C)C. The predicted octanol–water partition coefficient (Wildman–Crippen LogP) is 0.783. The zero-order valence-corrected chi connectivity index (χ0v) is 11.9. The third-order valence-electron chi connectivity index (χ3n) is 3.22. The van der Waals surface area contributed by atoms with E-state index >= 15 is 0 Å². The fourth-order valence-electron chi connectivity index (χ4n) is 2.33. The maximum atomic E-state index is 12.2. The quantitative estimate of drug-likeness (QED) is 0.791. The average molecular weight is 256 g/mol. The van der Waals surface area contributed by atoms with Gasteiger partial charge in [-0.15, -0.1) is 0 Å². The topological polar surface area (TPSA) is 58.6 Å². The Labute approximate surface area is 109 Å². The van der Waals surface area contributed by atoms with Gasteiger partial charge >= 0.3 is 0 Å². The predicted molar refractivity (Wildman–Crippen MR) is 69.0 cm³/mol. The maximum Gasteiger partial charge on any atom is 0.245 e. The Bertz CT molecular complexity index is 317. The fraction of sp³-hybridized carbons (Fsp3) is 0.846. The lowest BCUT2D eigenvalue weighted by Crippen LogP contribution is -2.66. The van der Waals surface area contributed by atoms with Crippen molar-refractivity contribution in [2.45, 2.75) is 52.7 Å². The van der Waals surface area contributed by atoms with Crippen LogP contribution in [0.3, 0.4) is 0 Å². The van der Waals surface area contributed by atoms with Gasteiger partial charge in [0.05, 0.1) is 12.6 Å². The zero-order valence-electron chi connectivity index (χ0n) is 11.9. The normalized spacial score (nSPS) is 26.4. The van der Waals surface area contributed by atoms with Gasteiger partial charge in [-0.2, -0.15) is 0 Å². The molecule has 2 amide bonds. The minimum atomic E-state index is -0.448. The van der Waals surface area contributed by atoms with Crippen molar-refractivity contribution in [2.24, 2.45) is 5.92 Å². The summed E-state index contributed by atoms with van der Waals surface area (Å²) >= 11 is 0. The molecule has 3 atom stereocenters. The van der Waals surface area contributed by atoms with Gasteiger partial charge in [-0.3, -0.25) is 9.59 Å². The summed E-state index contributed by atoms with van der Waals surface area (Å²) in [5.74, 6) is -0.00789. The molecule has 1 N–H and O–H groups in total. The summed E-state index contributed by atoms with van der Waals surface area (Å²) < 4.78 is 5.37. The number of rotatable bonds is 5. The van der Waals surface area contributed by atoms with Crippen molar-refractivity contribution in [1.29, 1.82) is 0 Å². The van der Waals surface area contributed by atoms with Gasteiger partial charge < -0.3 is 15.0 Å². The minimum Gasteiger partial charge on any atom is -0.380 e. The molecule has 0 aromatic rings. The summed E-state index contributed by atoms with van der Waals surface area (Å²) in [6.07, 6.45) is 0. The summed E-state index contributed by atoms with van der Waals surface area (Å²) in [6.45, 7) is 10.5. The lowest BCUT2D eigenvalue weighted by Gasteiger charge is -2.43. The number of hydrogen-bond donors (Lipinski definition) is 1. The largest absolute Gasteiger partial charge is 0.380 e. The highest BCUT2D eigenvalue weighted by molar-refractivity contribution is 5.97. The molecule has 5 nitrogen and oxygen atoms in total. The molecule has 0 aromatic carbocycles. The third kappa shape index (κ3) is 3.02. The van der Waals surface area contributed by atoms with E-state index in [9.17, 15) is 9.59 Å². The van der Waals surface area contributed by atoms with E-state index in [0.29, 0.717) is 13.2 Å². The van der Waals surface area contributed by atoms with Crippen LogP contribution in [-0.4, -0.2) is 48.1 Å². The van der Waals surface area contributed by atoms with Crippen LogP contribution in [0.5, 0.6) is 0 Å². The van der Waals surface area contributed by atoms with E-state index in [-0.39, 0.29) is 23.8 Å². The Hall–Kier alpha value is -1.10.